The van der Waals surface area contributed by atoms with E-state index in [2.05, 4.69) is 15.6 Å². The van der Waals surface area contributed by atoms with Crippen molar-refractivity contribution in [1.82, 2.24) is 4.98 Å². The maximum absolute atomic E-state index is 13.6. The smallest absolute Gasteiger partial charge is 0.252 e. The quantitative estimate of drug-likeness (QED) is 0.622. The normalized spacial score (nSPS) is 11.9. The molecule has 1 aromatic heterocycles. The van der Waals surface area contributed by atoms with Crippen LogP contribution < -0.4 is 25.8 Å². The summed E-state index contributed by atoms with van der Waals surface area (Å²) in [6.45, 7) is 1.96. The van der Waals surface area contributed by atoms with E-state index in [0.29, 0.717) is 22.9 Å². The number of aryl methyl sites for hydroxylation is 1. The number of ether oxygens (including phenoxy) is 2. The van der Waals surface area contributed by atoms with Gasteiger partial charge in [0.2, 0.25) is 6.79 Å². The van der Waals surface area contributed by atoms with Gasteiger partial charge in [-0.05, 0) is 48.9 Å². The molecule has 1 aliphatic rings. The standard InChI is InChI=1S/C20H17FN4O3/c1-11-4-12(21)6-14(5-11)25-20-16(19(22)26)7-15(9-23-20)24-13-2-3-17-18(8-13)28-10-27-17/h2-9,24H,10H2,1H3,(H2,22,26)(H,23,25). The van der Waals surface area contributed by atoms with Crippen molar-refractivity contribution in [3.05, 3.63) is 65.6 Å². The first-order chi connectivity index (χ1) is 13.5. The third-order valence-corrected chi connectivity index (χ3v) is 4.12. The van der Waals surface area contributed by atoms with Crippen LogP contribution in [0.25, 0.3) is 0 Å². The first-order valence-electron chi connectivity index (χ1n) is 8.49. The average molecular weight is 380 g/mol. The number of anilines is 4. The lowest BCUT2D eigenvalue weighted by molar-refractivity contribution is 0.100. The van der Waals surface area contributed by atoms with Gasteiger partial charge in [0, 0.05) is 17.4 Å². The average Bonchev–Trinajstić information content (AvgIpc) is 3.10. The highest BCUT2D eigenvalue weighted by atomic mass is 19.1. The summed E-state index contributed by atoms with van der Waals surface area (Å²) in [5.41, 5.74) is 8.20. The highest BCUT2D eigenvalue weighted by molar-refractivity contribution is 5.99. The molecule has 4 N–H and O–H groups in total. The molecule has 8 heteroatoms. The Labute approximate surface area is 160 Å². The van der Waals surface area contributed by atoms with Crippen LogP contribution in [0.4, 0.5) is 27.3 Å². The Hall–Kier alpha value is -3.81. The van der Waals surface area contributed by atoms with E-state index in [4.69, 9.17) is 15.2 Å². The SMILES string of the molecule is Cc1cc(F)cc(Nc2ncc(Nc3ccc4c(c3)OCO4)cc2C(N)=O)c1. The minimum absolute atomic E-state index is 0.174. The van der Waals surface area contributed by atoms with Crippen LogP contribution in [0.3, 0.4) is 0 Å². The van der Waals surface area contributed by atoms with Gasteiger partial charge in [0.1, 0.15) is 11.6 Å². The molecule has 1 aliphatic heterocycles. The van der Waals surface area contributed by atoms with E-state index in [1.165, 1.54) is 12.1 Å². The highest BCUT2D eigenvalue weighted by Crippen LogP contribution is 2.35. The minimum Gasteiger partial charge on any atom is -0.454 e. The molecule has 0 radical (unpaired) electrons. The molecule has 0 saturated carbocycles. The van der Waals surface area contributed by atoms with Crippen molar-refractivity contribution in [2.45, 2.75) is 6.92 Å². The molecular formula is C20H17FN4O3. The molecule has 1 amide bonds. The fourth-order valence-electron chi connectivity index (χ4n) is 2.91. The topological polar surface area (TPSA) is 98.5 Å². The van der Waals surface area contributed by atoms with Gasteiger partial charge in [-0.15, -0.1) is 0 Å². The highest BCUT2D eigenvalue weighted by Gasteiger charge is 2.15. The summed E-state index contributed by atoms with van der Waals surface area (Å²) in [6, 6.07) is 11.4. The van der Waals surface area contributed by atoms with Crippen molar-refractivity contribution >= 4 is 28.8 Å². The first-order valence-corrected chi connectivity index (χ1v) is 8.49. The van der Waals surface area contributed by atoms with Crippen molar-refractivity contribution < 1.29 is 18.7 Å². The van der Waals surface area contributed by atoms with Gasteiger partial charge in [-0.2, -0.15) is 0 Å². The van der Waals surface area contributed by atoms with E-state index in [1.807, 2.05) is 6.07 Å². The molecule has 0 saturated heterocycles. The number of aromatic nitrogens is 1. The Balaban J connectivity index is 1.60. The summed E-state index contributed by atoms with van der Waals surface area (Å²) < 4.78 is 24.2. The zero-order valence-corrected chi connectivity index (χ0v) is 15.0. The van der Waals surface area contributed by atoms with Crippen LogP contribution in [0.15, 0.2) is 48.7 Å². The van der Waals surface area contributed by atoms with Gasteiger partial charge in [-0.1, -0.05) is 0 Å². The molecule has 3 aromatic rings. The molecule has 0 fully saturated rings. The largest absolute Gasteiger partial charge is 0.454 e. The summed E-state index contributed by atoms with van der Waals surface area (Å²) in [5.74, 6) is 0.509. The number of nitrogens with two attached hydrogens (primary N) is 1. The fraction of sp³-hybridized carbons (Fsp3) is 0.100. The molecular weight excluding hydrogens is 363 g/mol. The Morgan fingerprint density at radius 3 is 2.64 bits per heavy atom. The molecule has 28 heavy (non-hydrogen) atoms. The number of halogens is 1. The number of rotatable bonds is 5. The van der Waals surface area contributed by atoms with Crippen LogP contribution in [0.2, 0.25) is 0 Å². The summed E-state index contributed by atoms with van der Waals surface area (Å²) >= 11 is 0. The number of primary amides is 1. The van der Waals surface area contributed by atoms with E-state index < -0.39 is 5.91 Å². The third-order valence-electron chi connectivity index (χ3n) is 4.12. The van der Waals surface area contributed by atoms with E-state index in [-0.39, 0.29) is 24.0 Å². The number of nitrogens with one attached hydrogen (secondary N) is 2. The number of carbonyl (C=O) groups is 1. The third kappa shape index (κ3) is 3.66. The number of pyridine rings is 1. The van der Waals surface area contributed by atoms with Crippen molar-refractivity contribution in [3.8, 4) is 11.5 Å². The molecule has 0 aliphatic carbocycles. The van der Waals surface area contributed by atoms with Crippen molar-refractivity contribution in [2.75, 3.05) is 17.4 Å². The summed E-state index contributed by atoms with van der Waals surface area (Å²) in [7, 11) is 0. The monoisotopic (exact) mass is 380 g/mol. The molecule has 0 spiro atoms. The van der Waals surface area contributed by atoms with Crippen LogP contribution in [0.1, 0.15) is 15.9 Å². The molecule has 0 bridgehead atoms. The second-order valence-corrected chi connectivity index (χ2v) is 6.32. The maximum atomic E-state index is 13.6. The number of fused-ring (bicyclic) bond motifs is 1. The Morgan fingerprint density at radius 2 is 1.86 bits per heavy atom. The fourth-order valence-corrected chi connectivity index (χ4v) is 2.91. The number of hydrogen-bond donors (Lipinski definition) is 3. The van der Waals surface area contributed by atoms with Crippen LogP contribution in [0.5, 0.6) is 11.5 Å². The van der Waals surface area contributed by atoms with Crippen LogP contribution >= 0.6 is 0 Å². The lowest BCUT2D eigenvalue weighted by Gasteiger charge is -2.13. The zero-order valence-electron chi connectivity index (χ0n) is 15.0. The summed E-state index contributed by atoms with van der Waals surface area (Å²) in [6.07, 6.45) is 1.55. The van der Waals surface area contributed by atoms with Gasteiger partial charge in [0.05, 0.1) is 17.4 Å². The number of benzene rings is 2. The Morgan fingerprint density at radius 1 is 1.04 bits per heavy atom. The van der Waals surface area contributed by atoms with Gasteiger partial charge < -0.3 is 25.8 Å². The van der Waals surface area contributed by atoms with Gasteiger partial charge in [-0.25, -0.2) is 9.37 Å². The minimum atomic E-state index is -0.655. The Kier molecular flexibility index (Phi) is 4.44. The molecule has 7 nitrogen and oxygen atoms in total. The van der Waals surface area contributed by atoms with Crippen molar-refractivity contribution in [3.63, 3.8) is 0 Å². The second kappa shape index (κ2) is 7.07. The summed E-state index contributed by atoms with van der Waals surface area (Å²) in [4.78, 5) is 16.2. The van der Waals surface area contributed by atoms with Gasteiger partial charge >= 0.3 is 0 Å². The molecule has 2 heterocycles. The van der Waals surface area contributed by atoms with Crippen molar-refractivity contribution in [2.24, 2.45) is 5.73 Å². The van der Waals surface area contributed by atoms with E-state index in [1.54, 1.807) is 37.4 Å². The Bertz CT molecular complexity index is 1050. The molecule has 0 unspecified atom stereocenters. The van der Waals surface area contributed by atoms with Gasteiger partial charge in [0.15, 0.2) is 11.5 Å². The number of amides is 1. The first kappa shape index (κ1) is 17.6. The predicted octanol–water partition coefficient (Wildman–Crippen LogP) is 3.84. The number of nitrogens with zero attached hydrogens (tertiary/aromatic N) is 1. The van der Waals surface area contributed by atoms with Crippen LogP contribution in [-0.2, 0) is 0 Å². The maximum Gasteiger partial charge on any atom is 0.252 e. The predicted molar refractivity (Wildman–Crippen MR) is 103 cm³/mol. The summed E-state index contributed by atoms with van der Waals surface area (Å²) in [5, 5.41) is 6.09. The molecule has 4 rings (SSSR count). The second-order valence-electron chi connectivity index (χ2n) is 6.32. The zero-order chi connectivity index (χ0) is 19.7. The van der Waals surface area contributed by atoms with Gasteiger partial charge in [0.25, 0.3) is 5.91 Å². The van der Waals surface area contributed by atoms with Gasteiger partial charge in [-0.3, -0.25) is 4.79 Å². The lowest BCUT2D eigenvalue weighted by Crippen LogP contribution is -2.15. The number of carbonyl (C=O) groups excluding carboxylic acids is 1. The number of hydrogen-bond acceptors (Lipinski definition) is 6. The van der Waals surface area contributed by atoms with Crippen LogP contribution in [0, 0.1) is 12.7 Å². The van der Waals surface area contributed by atoms with E-state index in [0.717, 1.165) is 11.3 Å². The van der Waals surface area contributed by atoms with Crippen molar-refractivity contribution in [1.29, 1.82) is 0 Å². The lowest BCUT2D eigenvalue weighted by atomic mass is 10.2. The van der Waals surface area contributed by atoms with E-state index in [9.17, 15) is 9.18 Å². The molecule has 0 atom stereocenters. The van der Waals surface area contributed by atoms with E-state index >= 15 is 0 Å². The molecule has 142 valence electrons. The van der Waals surface area contributed by atoms with Crippen LogP contribution in [-0.4, -0.2) is 17.7 Å². The molecule has 2 aromatic carbocycles.